The van der Waals surface area contributed by atoms with Crippen LogP contribution in [0.15, 0.2) is 48.5 Å². The van der Waals surface area contributed by atoms with Crippen LogP contribution in [0.25, 0.3) is 0 Å². The number of nitrogens with zero attached hydrogens (tertiary/aromatic N) is 1. The van der Waals surface area contributed by atoms with Crippen molar-refractivity contribution in [3.05, 3.63) is 59.7 Å². The quantitative estimate of drug-likeness (QED) is 0.803. The third-order valence-electron chi connectivity index (χ3n) is 5.23. The van der Waals surface area contributed by atoms with E-state index >= 15 is 0 Å². The first-order valence-corrected chi connectivity index (χ1v) is 10.1. The molecule has 2 atom stereocenters. The largest absolute Gasteiger partial charge is 0.493 e. The van der Waals surface area contributed by atoms with Gasteiger partial charge >= 0.3 is 0 Å². The van der Waals surface area contributed by atoms with Crippen molar-refractivity contribution in [1.82, 2.24) is 4.90 Å². The molecule has 1 amide bonds. The number of nitrogens with one attached hydrogen (secondary N) is 1. The van der Waals surface area contributed by atoms with Gasteiger partial charge in [-0.3, -0.25) is 4.79 Å². The Morgan fingerprint density at radius 1 is 1.18 bits per heavy atom. The molecular weight excluding hydrogens is 352 g/mol. The minimum atomic E-state index is -0.282. The third-order valence-corrected chi connectivity index (χ3v) is 5.23. The summed E-state index contributed by atoms with van der Waals surface area (Å²) in [6, 6.07) is 15.7. The van der Waals surface area contributed by atoms with Gasteiger partial charge in [-0.05, 0) is 37.0 Å². The van der Waals surface area contributed by atoms with Gasteiger partial charge in [0.15, 0.2) is 0 Å². The number of para-hydroxylation sites is 2. The van der Waals surface area contributed by atoms with Gasteiger partial charge in [-0.15, -0.1) is 0 Å². The summed E-state index contributed by atoms with van der Waals surface area (Å²) in [5.41, 5.74) is 2.54. The number of ether oxygens (including phenoxy) is 2. The Morgan fingerprint density at radius 2 is 1.96 bits per heavy atom. The van der Waals surface area contributed by atoms with Gasteiger partial charge in [0, 0.05) is 24.4 Å². The number of carbonyl (C=O) groups excluding carboxylic acids is 1. The van der Waals surface area contributed by atoms with Crippen molar-refractivity contribution >= 4 is 11.6 Å². The topological polar surface area (TPSA) is 50.8 Å². The number of amides is 1. The summed E-state index contributed by atoms with van der Waals surface area (Å²) in [4.78, 5) is 15.3. The number of hydrogen-bond acceptors (Lipinski definition) is 4. The summed E-state index contributed by atoms with van der Waals surface area (Å²) in [6.07, 6.45) is 1.84. The maximum Gasteiger partial charge on any atom is 0.257 e. The summed E-state index contributed by atoms with van der Waals surface area (Å²) in [5.74, 6) is 1.28. The average Bonchev–Trinajstić information content (AvgIpc) is 3.22. The Morgan fingerprint density at radius 3 is 2.75 bits per heavy atom. The Hall–Kier alpha value is -2.53. The number of fused-ring (bicyclic) bond motifs is 1. The van der Waals surface area contributed by atoms with Crippen molar-refractivity contribution in [2.75, 3.05) is 25.1 Å². The molecule has 0 bridgehead atoms. The van der Waals surface area contributed by atoms with Crippen molar-refractivity contribution < 1.29 is 14.3 Å². The molecule has 0 aliphatic carbocycles. The number of carbonyl (C=O) groups is 1. The van der Waals surface area contributed by atoms with Gasteiger partial charge in [-0.25, -0.2) is 0 Å². The lowest BCUT2D eigenvalue weighted by molar-refractivity contribution is 0.0423. The standard InChI is InChI=1S/C23H28N2O3/c1-16(2)15-28-21-12-6-4-10-19(21)22-24-20-11-5-3-9-18(20)23(26)25(22)14-17-8-7-13-27-17/h3-6,9-12,16-17,22,24H,7-8,13-15H2,1-2H3. The Balaban J connectivity index is 1.69. The van der Waals surface area contributed by atoms with Crippen LogP contribution in [0.2, 0.25) is 0 Å². The molecule has 2 aromatic rings. The molecule has 2 heterocycles. The lowest BCUT2D eigenvalue weighted by Crippen LogP contribution is -2.46. The molecule has 148 valence electrons. The summed E-state index contributed by atoms with van der Waals surface area (Å²) in [7, 11) is 0. The smallest absolute Gasteiger partial charge is 0.257 e. The highest BCUT2D eigenvalue weighted by atomic mass is 16.5. The molecule has 2 unspecified atom stereocenters. The molecule has 4 rings (SSSR count). The maximum atomic E-state index is 13.4. The molecule has 1 N–H and O–H groups in total. The van der Waals surface area contributed by atoms with Crippen LogP contribution in [0.1, 0.15) is 48.8 Å². The van der Waals surface area contributed by atoms with Crippen molar-refractivity contribution in [2.24, 2.45) is 5.92 Å². The molecule has 1 fully saturated rings. The van der Waals surface area contributed by atoms with Crippen molar-refractivity contribution in [3.8, 4) is 5.75 Å². The summed E-state index contributed by atoms with van der Waals surface area (Å²) in [5, 5.41) is 3.57. The summed E-state index contributed by atoms with van der Waals surface area (Å²) >= 11 is 0. The van der Waals surface area contributed by atoms with Crippen LogP contribution in [0.4, 0.5) is 5.69 Å². The number of benzene rings is 2. The first-order valence-electron chi connectivity index (χ1n) is 10.1. The molecule has 0 spiro atoms. The highest BCUT2D eigenvalue weighted by molar-refractivity contribution is 6.01. The fourth-order valence-electron chi connectivity index (χ4n) is 3.83. The van der Waals surface area contributed by atoms with E-state index in [1.165, 1.54) is 0 Å². The molecule has 2 aliphatic heterocycles. The van der Waals surface area contributed by atoms with Gasteiger partial charge in [0.05, 0.1) is 18.3 Å². The maximum absolute atomic E-state index is 13.4. The fraction of sp³-hybridized carbons (Fsp3) is 0.435. The van der Waals surface area contributed by atoms with Gasteiger partial charge < -0.3 is 19.7 Å². The monoisotopic (exact) mass is 380 g/mol. The van der Waals surface area contributed by atoms with E-state index < -0.39 is 0 Å². The van der Waals surface area contributed by atoms with Crippen LogP contribution in [0, 0.1) is 5.92 Å². The zero-order chi connectivity index (χ0) is 19.5. The van der Waals surface area contributed by atoms with Crippen LogP contribution in [-0.4, -0.2) is 36.7 Å². The van der Waals surface area contributed by atoms with Crippen LogP contribution in [0.5, 0.6) is 5.75 Å². The van der Waals surface area contributed by atoms with E-state index in [4.69, 9.17) is 9.47 Å². The van der Waals surface area contributed by atoms with Crippen LogP contribution in [0.3, 0.4) is 0 Å². The average molecular weight is 380 g/mol. The van der Waals surface area contributed by atoms with E-state index in [1.54, 1.807) is 0 Å². The summed E-state index contributed by atoms with van der Waals surface area (Å²) in [6.45, 7) is 6.24. The van der Waals surface area contributed by atoms with Crippen molar-refractivity contribution in [2.45, 2.75) is 39.0 Å². The fourth-order valence-corrected chi connectivity index (χ4v) is 3.83. The normalized spacial score (nSPS) is 21.5. The second kappa shape index (κ2) is 8.23. The van der Waals surface area contributed by atoms with E-state index in [-0.39, 0.29) is 18.2 Å². The van der Waals surface area contributed by atoms with Crippen molar-refractivity contribution in [1.29, 1.82) is 0 Å². The molecule has 5 nitrogen and oxygen atoms in total. The Labute approximate surface area is 166 Å². The molecule has 5 heteroatoms. The molecule has 2 aliphatic rings. The third kappa shape index (κ3) is 3.85. The second-order valence-electron chi connectivity index (χ2n) is 7.93. The van der Waals surface area contributed by atoms with Crippen LogP contribution >= 0.6 is 0 Å². The molecule has 0 saturated carbocycles. The van der Waals surface area contributed by atoms with E-state index in [1.807, 2.05) is 53.4 Å². The zero-order valence-electron chi connectivity index (χ0n) is 16.6. The lowest BCUT2D eigenvalue weighted by Gasteiger charge is -2.39. The molecular formula is C23H28N2O3. The number of anilines is 1. The molecule has 2 aromatic carbocycles. The van der Waals surface area contributed by atoms with E-state index in [0.717, 1.165) is 36.4 Å². The van der Waals surface area contributed by atoms with Crippen LogP contribution in [-0.2, 0) is 4.74 Å². The lowest BCUT2D eigenvalue weighted by atomic mass is 10.0. The van der Waals surface area contributed by atoms with Gasteiger partial charge in [0.1, 0.15) is 11.9 Å². The van der Waals surface area contributed by atoms with E-state index in [2.05, 4.69) is 19.2 Å². The predicted molar refractivity (Wildman–Crippen MR) is 110 cm³/mol. The van der Waals surface area contributed by atoms with Gasteiger partial charge in [0.25, 0.3) is 5.91 Å². The van der Waals surface area contributed by atoms with E-state index in [0.29, 0.717) is 24.6 Å². The Bertz CT molecular complexity index is 830. The zero-order valence-corrected chi connectivity index (χ0v) is 16.6. The minimum absolute atomic E-state index is 0.0357. The van der Waals surface area contributed by atoms with Crippen LogP contribution < -0.4 is 10.1 Å². The van der Waals surface area contributed by atoms with Crippen molar-refractivity contribution in [3.63, 3.8) is 0 Å². The van der Waals surface area contributed by atoms with E-state index in [9.17, 15) is 4.79 Å². The SMILES string of the molecule is CC(C)COc1ccccc1C1Nc2ccccc2C(=O)N1CC1CCCO1. The molecule has 1 saturated heterocycles. The highest BCUT2D eigenvalue weighted by Crippen LogP contribution is 2.37. The van der Waals surface area contributed by atoms with Gasteiger partial charge in [-0.1, -0.05) is 44.2 Å². The summed E-state index contributed by atoms with van der Waals surface area (Å²) < 4.78 is 11.9. The Kier molecular flexibility index (Phi) is 5.53. The predicted octanol–water partition coefficient (Wildman–Crippen LogP) is 4.47. The molecule has 0 radical (unpaired) electrons. The molecule has 0 aromatic heterocycles. The second-order valence-corrected chi connectivity index (χ2v) is 7.93. The van der Waals surface area contributed by atoms with Gasteiger partial charge in [-0.2, -0.15) is 0 Å². The minimum Gasteiger partial charge on any atom is -0.493 e. The van der Waals surface area contributed by atoms with Gasteiger partial charge in [0.2, 0.25) is 0 Å². The number of hydrogen-bond donors (Lipinski definition) is 1. The molecule has 28 heavy (non-hydrogen) atoms. The highest BCUT2D eigenvalue weighted by Gasteiger charge is 2.36. The number of rotatable bonds is 6. The first-order chi connectivity index (χ1) is 13.6. The first kappa shape index (κ1) is 18.8.